The lowest BCUT2D eigenvalue weighted by molar-refractivity contribution is -0.119. The predicted molar refractivity (Wildman–Crippen MR) is 65.1 cm³/mol. The van der Waals surface area contributed by atoms with Crippen LogP contribution in [0, 0.1) is 5.92 Å². The van der Waals surface area contributed by atoms with Crippen LogP contribution in [0.5, 0.6) is 0 Å². The van der Waals surface area contributed by atoms with Crippen LogP contribution in [-0.4, -0.2) is 11.8 Å². The minimum Gasteiger partial charge on any atom is -0.303 e. The Bertz CT molecular complexity index is 293. The molecule has 0 saturated carbocycles. The van der Waals surface area contributed by atoms with Crippen molar-refractivity contribution in [3.8, 4) is 0 Å². The molecule has 84 valence electrons. The summed E-state index contributed by atoms with van der Waals surface area (Å²) in [6, 6.07) is 2.09. The molecule has 3 heteroatoms. The van der Waals surface area contributed by atoms with Gasteiger partial charge in [-0.15, -0.1) is 0 Å². The van der Waals surface area contributed by atoms with Gasteiger partial charge in [0.15, 0.2) is 0 Å². The number of ketones is 1. The molecule has 1 aromatic heterocycles. The van der Waals surface area contributed by atoms with Crippen LogP contribution in [0.15, 0.2) is 16.8 Å². The third-order valence-corrected chi connectivity index (χ3v) is 3.06. The van der Waals surface area contributed by atoms with Gasteiger partial charge in [0.05, 0.1) is 6.04 Å². The maximum atomic E-state index is 11.4. The van der Waals surface area contributed by atoms with Crippen LogP contribution in [0.2, 0.25) is 0 Å². The van der Waals surface area contributed by atoms with Crippen molar-refractivity contribution in [2.75, 3.05) is 0 Å². The fraction of sp³-hybridized carbons (Fsp3) is 0.583. The Kier molecular flexibility index (Phi) is 4.99. The number of hydrogen-bond acceptors (Lipinski definition) is 3. The molecular formula is C12H19NOS. The van der Waals surface area contributed by atoms with Crippen molar-refractivity contribution in [3.63, 3.8) is 0 Å². The zero-order valence-electron chi connectivity index (χ0n) is 9.62. The smallest absolute Gasteiger partial charge is 0.146 e. The van der Waals surface area contributed by atoms with E-state index in [0.29, 0.717) is 5.92 Å². The lowest BCUT2D eigenvalue weighted by Gasteiger charge is -2.17. The maximum Gasteiger partial charge on any atom is 0.146 e. The van der Waals surface area contributed by atoms with E-state index >= 15 is 0 Å². The highest BCUT2D eigenvalue weighted by molar-refractivity contribution is 7.07. The lowest BCUT2D eigenvalue weighted by Crippen LogP contribution is -2.35. The number of carbonyl (C=O) groups excluding carboxylic acids is 1. The van der Waals surface area contributed by atoms with Gasteiger partial charge >= 0.3 is 0 Å². The Morgan fingerprint density at radius 3 is 2.73 bits per heavy atom. The lowest BCUT2D eigenvalue weighted by atomic mass is 10.0. The topological polar surface area (TPSA) is 29.1 Å². The van der Waals surface area contributed by atoms with E-state index in [9.17, 15) is 4.79 Å². The number of hydrogen-bond donors (Lipinski definition) is 1. The minimum absolute atomic E-state index is 0.00454. The maximum absolute atomic E-state index is 11.4. The average Bonchev–Trinajstić information content (AvgIpc) is 2.63. The molecule has 0 fully saturated rings. The highest BCUT2D eigenvalue weighted by Gasteiger charge is 2.14. The summed E-state index contributed by atoms with van der Waals surface area (Å²) in [5.41, 5.74) is 1.26. The van der Waals surface area contributed by atoms with E-state index < -0.39 is 0 Å². The second-order valence-electron chi connectivity index (χ2n) is 4.31. The molecule has 15 heavy (non-hydrogen) atoms. The van der Waals surface area contributed by atoms with Crippen molar-refractivity contribution in [2.24, 2.45) is 5.92 Å². The average molecular weight is 225 g/mol. The van der Waals surface area contributed by atoms with Crippen LogP contribution in [0.4, 0.5) is 0 Å². The van der Waals surface area contributed by atoms with Gasteiger partial charge in [0.25, 0.3) is 0 Å². The van der Waals surface area contributed by atoms with Gasteiger partial charge in [0.2, 0.25) is 0 Å². The summed E-state index contributed by atoms with van der Waals surface area (Å²) in [7, 11) is 0. The first-order valence-electron chi connectivity index (χ1n) is 5.34. The molecule has 0 aromatic carbocycles. The van der Waals surface area contributed by atoms with Crippen molar-refractivity contribution in [3.05, 3.63) is 22.4 Å². The van der Waals surface area contributed by atoms with Gasteiger partial charge in [-0.1, -0.05) is 13.8 Å². The molecule has 1 N–H and O–H groups in total. The fourth-order valence-electron chi connectivity index (χ4n) is 1.50. The summed E-state index contributed by atoms with van der Waals surface area (Å²) in [6.45, 7) is 6.73. The van der Waals surface area contributed by atoms with E-state index in [-0.39, 0.29) is 11.8 Å². The molecule has 1 aromatic rings. The molecule has 1 rings (SSSR count). The minimum atomic E-state index is 0.00454. The van der Waals surface area contributed by atoms with Crippen molar-refractivity contribution < 1.29 is 4.79 Å². The van der Waals surface area contributed by atoms with Crippen molar-refractivity contribution in [1.82, 2.24) is 5.32 Å². The van der Waals surface area contributed by atoms with Crippen LogP contribution < -0.4 is 5.32 Å². The summed E-state index contributed by atoms with van der Waals surface area (Å²) in [4.78, 5) is 11.4. The summed E-state index contributed by atoms with van der Waals surface area (Å²) < 4.78 is 0. The van der Waals surface area contributed by atoms with E-state index in [4.69, 9.17) is 0 Å². The Hall–Kier alpha value is -0.670. The van der Waals surface area contributed by atoms with Crippen LogP contribution in [0.3, 0.4) is 0 Å². The van der Waals surface area contributed by atoms with E-state index in [1.54, 1.807) is 18.3 Å². The Morgan fingerprint density at radius 2 is 2.27 bits per heavy atom. The van der Waals surface area contributed by atoms with Gasteiger partial charge in [-0.05, 0) is 41.7 Å². The monoisotopic (exact) mass is 225 g/mol. The molecule has 1 heterocycles. The Balaban J connectivity index is 2.41. The fourth-order valence-corrected chi connectivity index (χ4v) is 2.17. The molecule has 0 bridgehead atoms. The number of rotatable bonds is 6. The van der Waals surface area contributed by atoms with Gasteiger partial charge < -0.3 is 5.32 Å². The number of nitrogens with one attached hydrogen (secondary N) is 1. The van der Waals surface area contributed by atoms with Crippen LogP contribution >= 0.6 is 11.3 Å². The molecule has 0 saturated heterocycles. The molecule has 0 amide bonds. The quantitative estimate of drug-likeness (QED) is 0.806. The second-order valence-corrected chi connectivity index (χ2v) is 5.09. The predicted octanol–water partition coefficient (Wildman–Crippen LogP) is 2.84. The van der Waals surface area contributed by atoms with Gasteiger partial charge in [-0.2, -0.15) is 11.3 Å². The zero-order chi connectivity index (χ0) is 11.3. The molecule has 0 unspecified atom stereocenters. The number of Topliss-reactive ketones (excluding diaryl/α,β-unsaturated/α-hetero) is 1. The molecule has 2 nitrogen and oxygen atoms in total. The normalized spacial score (nSPS) is 13.1. The van der Waals surface area contributed by atoms with Crippen LogP contribution in [0.1, 0.15) is 32.8 Å². The second kappa shape index (κ2) is 6.03. The zero-order valence-corrected chi connectivity index (χ0v) is 10.4. The van der Waals surface area contributed by atoms with E-state index in [0.717, 1.165) is 13.0 Å². The Morgan fingerprint density at radius 1 is 1.53 bits per heavy atom. The summed E-state index contributed by atoms with van der Waals surface area (Å²) in [5, 5.41) is 7.48. The first-order valence-corrected chi connectivity index (χ1v) is 6.28. The van der Waals surface area contributed by atoms with Gasteiger partial charge in [-0.25, -0.2) is 0 Å². The standard InChI is InChI=1S/C12H19NOS/c1-9(2)6-12(10(3)14)13-7-11-4-5-15-8-11/h4-5,8-9,12-13H,6-7H2,1-3H3/t12-/m1/s1. The molecule has 0 aliphatic heterocycles. The largest absolute Gasteiger partial charge is 0.303 e. The highest BCUT2D eigenvalue weighted by atomic mass is 32.1. The molecule has 1 atom stereocenters. The van der Waals surface area contributed by atoms with Crippen LogP contribution in [0.25, 0.3) is 0 Å². The molecule has 0 aliphatic rings. The van der Waals surface area contributed by atoms with Crippen LogP contribution in [-0.2, 0) is 11.3 Å². The van der Waals surface area contributed by atoms with Crippen molar-refractivity contribution in [1.29, 1.82) is 0 Å². The first-order chi connectivity index (χ1) is 7.09. The summed E-state index contributed by atoms with van der Waals surface area (Å²) in [6.07, 6.45) is 0.916. The van der Waals surface area contributed by atoms with Crippen molar-refractivity contribution in [2.45, 2.75) is 39.8 Å². The van der Waals surface area contributed by atoms with E-state index in [1.165, 1.54) is 5.56 Å². The highest BCUT2D eigenvalue weighted by Crippen LogP contribution is 2.09. The van der Waals surface area contributed by atoms with E-state index in [1.807, 2.05) is 0 Å². The summed E-state index contributed by atoms with van der Waals surface area (Å²) >= 11 is 1.69. The van der Waals surface area contributed by atoms with Gasteiger partial charge in [0, 0.05) is 6.54 Å². The Labute approximate surface area is 95.7 Å². The third-order valence-electron chi connectivity index (χ3n) is 2.33. The van der Waals surface area contributed by atoms with Gasteiger partial charge in [0.1, 0.15) is 5.78 Å². The van der Waals surface area contributed by atoms with E-state index in [2.05, 4.69) is 36.0 Å². The molecular weight excluding hydrogens is 206 g/mol. The van der Waals surface area contributed by atoms with Crippen molar-refractivity contribution >= 4 is 17.1 Å². The third kappa shape index (κ3) is 4.58. The number of thiophene rings is 1. The first kappa shape index (κ1) is 12.4. The molecule has 0 radical (unpaired) electrons. The molecule has 0 aliphatic carbocycles. The SMILES string of the molecule is CC(=O)[C@@H](CC(C)C)NCc1ccsc1. The summed E-state index contributed by atoms with van der Waals surface area (Å²) in [5.74, 6) is 0.785. The molecule has 0 spiro atoms. The number of carbonyl (C=O) groups is 1. The van der Waals surface area contributed by atoms with Gasteiger partial charge in [-0.3, -0.25) is 4.79 Å².